The van der Waals surface area contributed by atoms with E-state index in [0.717, 1.165) is 25.7 Å². The Kier molecular flexibility index (Phi) is 7.21. The minimum absolute atomic E-state index is 0.0358. The molecule has 158 valence electrons. The summed E-state index contributed by atoms with van der Waals surface area (Å²) in [6, 6.07) is 8.44. The second kappa shape index (κ2) is 9.10. The molecule has 2 fully saturated rings. The molecule has 0 spiro atoms. The number of benzene rings is 1. The highest BCUT2D eigenvalue weighted by Crippen LogP contribution is 2.59. The molecule has 0 amide bonds. The number of aliphatic hydroxyl groups is 4. The molecular formula is C23H37O4P. The second-order valence-electron chi connectivity index (χ2n) is 8.55. The molecule has 28 heavy (non-hydrogen) atoms. The Hall–Kier alpha value is -0.510. The maximum absolute atomic E-state index is 10.7. The van der Waals surface area contributed by atoms with Crippen LogP contribution in [0.25, 0.3) is 0 Å². The summed E-state index contributed by atoms with van der Waals surface area (Å²) < 4.78 is 0. The lowest BCUT2D eigenvalue weighted by molar-refractivity contribution is 0.00293. The number of hydrogen-bond acceptors (Lipinski definition) is 4. The van der Waals surface area contributed by atoms with Crippen LogP contribution >= 0.6 is 7.92 Å². The van der Waals surface area contributed by atoms with Crippen LogP contribution in [-0.2, 0) is 0 Å². The summed E-state index contributed by atoms with van der Waals surface area (Å²) in [5.74, 6) is 0.186. The van der Waals surface area contributed by atoms with Crippen molar-refractivity contribution in [3.63, 3.8) is 0 Å². The van der Waals surface area contributed by atoms with Crippen LogP contribution in [0.4, 0.5) is 0 Å². The Labute approximate surface area is 170 Å². The highest BCUT2D eigenvalue weighted by Gasteiger charge is 2.52. The highest BCUT2D eigenvalue weighted by atomic mass is 31.1. The minimum atomic E-state index is -0.723. The zero-order valence-corrected chi connectivity index (χ0v) is 18.5. The summed E-state index contributed by atoms with van der Waals surface area (Å²) >= 11 is 0. The largest absolute Gasteiger partial charge is 0.390 e. The summed E-state index contributed by atoms with van der Waals surface area (Å²) in [6.45, 7) is 8.38. The van der Waals surface area contributed by atoms with Gasteiger partial charge in [-0.15, -0.1) is 0 Å². The van der Waals surface area contributed by atoms with E-state index in [9.17, 15) is 20.4 Å². The molecule has 1 heterocycles. The smallest absolute Gasteiger partial charge is 0.0875 e. The summed E-state index contributed by atoms with van der Waals surface area (Å²) in [5, 5.41) is 44.1. The van der Waals surface area contributed by atoms with Gasteiger partial charge in [0.1, 0.15) is 0 Å². The van der Waals surface area contributed by atoms with Crippen LogP contribution in [0.1, 0.15) is 64.9 Å². The Bertz CT molecular complexity index is 566. The van der Waals surface area contributed by atoms with E-state index in [4.69, 9.17) is 0 Å². The zero-order chi connectivity index (χ0) is 20.6. The van der Waals surface area contributed by atoms with Gasteiger partial charge in [-0.3, -0.25) is 0 Å². The fourth-order valence-corrected chi connectivity index (χ4v) is 9.75. The van der Waals surface area contributed by atoms with E-state index in [-0.39, 0.29) is 29.1 Å². The lowest BCUT2D eigenvalue weighted by atomic mass is 9.80. The maximum Gasteiger partial charge on any atom is 0.0875 e. The summed E-state index contributed by atoms with van der Waals surface area (Å²) in [5.41, 5.74) is 1.40. The van der Waals surface area contributed by atoms with E-state index in [1.807, 2.05) is 0 Å². The molecule has 1 aliphatic heterocycles. The molecule has 8 atom stereocenters. The average molecular weight is 409 g/mol. The van der Waals surface area contributed by atoms with Crippen molar-refractivity contribution >= 4 is 13.2 Å². The Morgan fingerprint density at radius 1 is 0.679 bits per heavy atom. The van der Waals surface area contributed by atoms with E-state index >= 15 is 0 Å². The van der Waals surface area contributed by atoms with E-state index in [0.29, 0.717) is 0 Å². The van der Waals surface area contributed by atoms with Crippen LogP contribution in [-0.4, -0.2) is 56.2 Å². The first-order chi connectivity index (χ1) is 13.4. The molecule has 1 saturated carbocycles. The third-order valence-electron chi connectivity index (χ3n) is 7.36. The monoisotopic (exact) mass is 408 g/mol. The molecule has 0 bridgehead atoms. The van der Waals surface area contributed by atoms with Gasteiger partial charge < -0.3 is 20.4 Å². The molecule has 3 rings (SSSR count). The fraction of sp³-hybridized carbons (Fsp3) is 0.739. The van der Waals surface area contributed by atoms with Crippen molar-refractivity contribution in [2.75, 3.05) is 0 Å². The lowest BCUT2D eigenvalue weighted by Crippen LogP contribution is -2.31. The normalized spacial score (nSPS) is 43.6. The van der Waals surface area contributed by atoms with E-state index in [2.05, 4.69) is 52.0 Å². The van der Waals surface area contributed by atoms with Crippen molar-refractivity contribution in [2.45, 2.75) is 95.0 Å². The molecule has 5 heteroatoms. The molecule has 4 N–H and O–H groups in total. The van der Waals surface area contributed by atoms with Gasteiger partial charge in [0.2, 0.25) is 0 Å². The SMILES string of the molecule is CC[C@@H]1C(c2ccccc2P2[C@@H](CC)[C@@H](O)[C@H](O)[C@@H]2CC)[C@@H](CC)[C@@H](O)[C@@H]1O. The third kappa shape index (κ3) is 3.46. The Balaban J connectivity index is 2.10. The van der Waals surface area contributed by atoms with Gasteiger partial charge in [0, 0.05) is 11.3 Å². The van der Waals surface area contributed by atoms with Crippen molar-refractivity contribution in [2.24, 2.45) is 11.8 Å². The van der Waals surface area contributed by atoms with Gasteiger partial charge in [0.15, 0.2) is 0 Å². The topological polar surface area (TPSA) is 80.9 Å². The van der Waals surface area contributed by atoms with Gasteiger partial charge in [0.25, 0.3) is 0 Å². The van der Waals surface area contributed by atoms with Crippen LogP contribution in [0.3, 0.4) is 0 Å². The van der Waals surface area contributed by atoms with Crippen LogP contribution in [0.15, 0.2) is 24.3 Å². The Morgan fingerprint density at radius 3 is 1.57 bits per heavy atom. The van der Waals surface area contributed by atoms with Crippen molar-refractivity contribution in [1.82, 2.24) is 0 Å². The molecule has 2 aliphatic rings. The predicted octanol–water partition coefficient (Wildman–Crippen LogP) is 2.96. The maximum atomic E-state index is 10.7. The molecule has 4 nitrogen and oxygen atoms in total. The first kappa shape index (κ1) is 22.2. The molecule has 0 radical (unpaired) electrons. The molecular weight excluding hydrogens is 371 g/mol. The van der Waals surface area contributed by atoms with Crippen LogP contribution in [0.5, 0.6) is 0 Å². The second-order valence-corrected chi connectivity index (χ2v) is 11.2. The molecule has 1 aromatic carbocycles. The predicted molar refractivity (Wildman–Crippen MR) is 115 cm³/mol. The average Bonchev–Trinajstić information content (AvgIpc) is 3.11. The number of hydrogen-bond donors (Lipinski definition) is 4. The van der Waals surface area contributed by atoms with Crippen molar-refractivity contribution in [3.05, 3.63) is 29.8 Å². The lowest BCUT2D eigenvalue weighted by Gasteiger charge is -2.32. The van der Waals surface area contributed by atoms with Crippen molar-refractivity contribution < 1.29 is 20.4 Å². The summed E-state index contributed by atoms with van der Waals surface area (Å²) in [7, 11) is -0.723. The zero-order valence-electron chi connectivity index (χ0n) is 17.6. The van der Waals surface area contributed by atoms with Gasteiger partial charge in [0.05, 0.1) is 24.4 Å². The van der Waals surface area contributed by atoms with Crippen LogP contribution < -0.4 is 5.30 Å². The number of rotatable bonds is 6. The number of aliphatic hydroxyl groups excluding tert-OH is 4. The van der Waals surface area contributed by atoms with Crippen LogP contribution in [0.2, 0.25) is 0 Å². The van der Waals surface area contributed by atoms with Crippen molar-refractivity contribution in [1.29, 1.82) is 0 Å². The van der Waals surface area contributed by atoms with Gasteiger partial charge in [-0.25, -0.2) is 0 Å². The molecule has 0 unspecified atom stereocenters. The highest BCUT2D eigenvalue weighted by molar-refractivity contribution is 7.67. The van der Waals surface area contributed by atoms with E-state index in [1.54, 1.807) is 0 Å². The summed E-state index contributed by atoms with van der Waals surface area (Å²) in [4.78, 5) is 0. The van der Waals surface area contributed by atoms with Crippen LogP contribution in [0, 0.1) is 11.8 Å². The summed E-state index contributed by atoms with van der Waals surface area (Å²) in [6.07, 6.45) is 0.624. The fourth-order valence-electron chi connectivity index (χ4n) is 5.97. The minimum Gasteiger partial charge on any atom is -0.390 e. The molecule has 1 aromatic rings. The Morgan fingerprint density at radius 2 is 1.14 bits per heavy atom. The van der Waals surface area contributed by atoms with E-state index in [1.165, 1.54) is 10.9 Å². The van der Waals surface area contributed by atoms with Gasteiger partial charge >= 0.3 is 0 Å². The quantitative estimate of drug-likeness (QED) is 0.546. The van der Waals surface area contributed by atoms with Crippen molar-refractivity contribution in [3.8, 4) is 0 Å². The molecule has 1 saturated heterocycles. The van der Waals surface area contributed by atoms with E-state index < -0.39 is 32.3 Å². The first-order valence-corrected chi connectivity index (χ1v) is 12.5. The first-order valence-electron chi connectivity index (χ1n) is 11.0. The molecule has 0 aromatic heterocycles. The van der Waals surface area contributed by atoms with Gasteiger partial charge in [-0.2, -0.15) is 0 Å². The van der Waals surface area contributed by atoms with Gasteiger partial charge in [-0.1, -0.05) is 72.7 Å². The molecule has 1 aliphatic carbocycles. The van der Waals surface area contributed by atoms with Gasteiger partial charge in [-0.05, 0) is 41.5 Å². The third-order valence-corrected chi connectivity index (χ3v) is 11.1. The standard InChI is InChI=1S/C23H37O4P/c1-5-13-19(14(6-2)21(25)20(13)24)15-11-9-10-12-18(15)28-16(7-3)22(26)23(27)17(28)8-4/h9-14,16-17,19-27H,5-8H2,1-4H3/t13-,14-,16+,17+,20-,21-,22-,23-/m1/s1.